The molecule has 0 radical (unpaired) electrons. The van der Waals surface area contributed by atoms with Gasteiger partial charge in [0.2, 0.25) is 10.9 Å². The SMILES string of the molecule is CCCC(Oc1ccc(-c2ccc(OC(CCC)S(=O)(=O)O)cc2)cc1)S(=O)(=O)O.[NaH]. The van der Waals surface area contributed by atoms with E-state index in [-0.39, 0.29) is 42.4 Å². The molecule has 2 N–H and O–H groups in total. The molecule has 8 nitrogen and oxygen atoms in total. The Hall–Kier alpha value is -1.14. The van der Waals surface area contributed by atoms with Gasteiger partial charge < -0.3 is 9.47 Å². The van der Waals surface area contributed by atoms with Crippen LogP contribution in [0.3, 0.4) is 0 Å². The van der Waals surface area contributed by atoms with E-state index in [1.165, 1.54) is 0 Å². The number of hydrogen-bond acceptors (Lipinski definition) is 6. The van der Waals surface area contributed by atoms with Gasteiger partial charge in [-0.15, -0.1) is 0 Å². The van der Waals surface area contributed by atoms with Gasteiger partial charge >= 0.3 is 49.8 Å². The maximum absolute atomic E-state index is 11.4. The Morgan fingerprint density at radius 3 is 1.19 bits per heavy atom. The zero-order valence-electron chi connectivity index (χ0n) is 16.8. The first-order valence-corrected chi connectivity index (χ1v) is 12.5. The van der Waals surface area contributed by atoms with Crippen molar-refractivity contribution in [3.8, 4) is 22.6 Å². The molecule has 0 spiro atoms. The normalized spacial score (nSPS) is 13.7. The molecule has 2 unspecified atom stereocenters. The second-order valence-corrected chi connectivity index (χ2v) is 9.86. The predicted molar refractivity (Wildman–Crippen MR) is 121 cm³/mol. The van der Waals surface area contributed by atoms with E-state index in [4.69, 9.17) is 9.47 Å². The predicted octanol–water partition coefficient (Wildman–Crippen LogP) is 3.49. The van der Waals surface area contributed by atoms with Crippen molar-refractivity contribution in [2.45, 2.75) is 50.4 Å². The fourth-order valence-corrected chi connectivity index (χ4v) is 4.30. The molecule has 2 rings (SSSR count). The third-order valence-electron chi connectivity index (χ3n) is 4.29. The van der Waals surface area contributed by atoms with E-state index in [0.29, 0.717) is 24.3 Å². The van der Waals surface area contributed by atoms with Crippen LogP contribution >= 0.6 is 0 Å². The summed E-state index contributed by atoms with van der Waals surface area (Å²) in [5.41, 5.74) is -1.01. The molecule has 0 amide bonds. The Balaban J connectivity index is 0.00000480. The van der Waals surface area contributed by atoms with Crippen molar-refractivity contribution in [3.63, 3.8) is 0 Å². The van der Waals surface area contributed by atoms with Gasteiger partial charge in [-0.25, -0.2) is 0 Å². The van der Waals surface area contributed by atoms with Crippen LogP contribution in [0.4, 0.5) is 0 Å². The molecule has 0 aliphatic heterocycles. The van der Waals surface area contributed by atoms with Crippen LogP contribution in [0.5, 0.6) is 11.5 Å². The third-order valence-corrected chi connectivity index (χ3v) is 6.28. The second kappa shape index (κ2) is 12.2. The number of hydrogen-bond donors (Lipinski definition) is 2. The zero-order valence-corrected chi connectivity index (χ0v) is 18.4. The van der Waals surface area contributed by atoms with Gasteiger partial charge in [-0.05, 0) is 35.4 Å². The summed E-state index contributed by atoms with van der Waals surface area (Å²) in [6.45, 7) is 3.58. The molecule has 168 valence electrons. The van der Waals surface area contributed by atoms with Crippen molar-refractivity contribution >= 4 is 49.8 Å². The molecule has 2 aromatic carbocycles. The molecule has 0 bridgehead atoms. The fourth-order valence-electron chi connectivity index (χ4n) is 2.76. The zero-order chi connectivity index (χ0) is 22.4. The molecular weight excluding hydrogens is 455 g/mol. The van der Waals surface area contributed by atoms with Gasteiger partial charge in [0.15, 0.2) is 0 Å². The summed E-state index contributed by atoms with van der Waals surface area (Å²) >= 11 is 0. The Morgan fingerprint density at radius 1 is 0.677 bits per heavy atom. The van der Waals surface area contributed by atoms with Crippen LogP contribution in [0.2, 0.25) is 0 Å². The second-order valence-electron chi connectivity index (χ2n) is 6.75. The van der Waals surface area contributed by atoms with Crippen molar-refractivity contribution < 1.29 is 35.4 Å². The Morgan fingerprint density at radius 2 is 0.968 bits per heavy atom. The van der Waals surface area contributed by atoms with Gasteiger partial charge in [0.05, 0.1) is 0 Å². The molecule has 11 heteroatoms. The molecule has 2 atom stereocenters. The standard InChI is InChI=1S/C20H26O8S2.Na.H/c1-3-5-19(29(21,22)23)27-17-11-7-15(8-12-17)16-9-13-18(14-10-16)28-20(6-4-2)30(24,25)26;;/h7-14,19-20H,3-6H2,1-2H3,(H,21,22,23)(H,24,25,26);;. The quantitative estimate of drug-likeness (QED) is 0.368. The third kappa shape index (κ3) is 8.72. The average Bonchev–Trinajstić information content (AvgIpc) is 2.67. The van der Waals surface area contributed by atoms with Crippen molar-refractivity contribution in [2.24, 2.45) is 0 Å². The van der Waals surface area contributed by atoms with Crippen LogP contribution in [-0.2, 0) is 20.2 Å². The molecule has 0 heterocycles. The van der Waals surface area contributed by atoms with Gasteiger partial charge in [0.1, 0.15) is 11.5 Å². The van der Waals surface area contributed by atoms with Crippen molar-refractivity contribution in [3.05, 3.63) is 48.5 Å². The monoisotopic (exact) mass is 482 g/mol. The topological polar surface area (TPSA) is 127 Å². The van der Waals surface area contributed by atoms with Crippen molar-refractivity contribution in [1.82, 2.24) is 0 Å². The van der Waals surface area contributed by atoms with E-state index in [1.54, 1.807) is 62.4 Å². The van der Waals surface area contributed by atoms with Crippen LogP contribution < -0.4 is 9.47 Å². The number of rotatable bonds is 11. The summed E-state index contributed by atoms with van der Waals surface area (Å²) < 4.78 is 74.9. The molecule has 0 aliphatic carbocycles. The van der Waals surface area contributed by atoms with Crippen LogP contribution in [0, 0.1) is 0 Å². The molecule has 0 aromatic heterocycles. The van der Waals surface area contributed by atoms with Crippen LogP contribution in [-0.4, -0.2) is 66.4 Å². The first-order chi connectivity index (χ1) is 14.0. The average molecular weight is 483 g/mol. The molecule has 31 heavy (non-hydrogen) atoms. The minimum atomic E-state index is -4.31. The van der Waals surface area contributed by atoms with E-state index in [2.05, 4.69) is 0 Å². The molecule has 0 saturated carbocycles. The van der Waals surface area contributed by atoms with E-state index in [0.717, 1.165) is 11.1 Å². The van der Waals surface area contributed by atoms with Gasteiger partial charge in [-0.3, -0.25) is 9.11 Å². The van der Waals surface area contributed by atoms with E-state index in [9.17, 15) is 25.9 Å². The molecular formula is C20H27NaO8S2. The fraction of sp³-hybridized carbons (Fsp3) is 0.400. The number of benzene rings is 2. The van der Waals surface area contributed by atoms with Crippen LogP contribution in [0.15, 0.2) is 48.5 Å². The minimum absolute atomic E-state index is 0. The molecule has 2 aromatic rings. The van der Waals surface area contributed by atoms with E-state index >= 15 is 0 Å². The summed E-state index contributed by atoms with van der Waals surface area (Å²) in [5.74, 6) is 0.621. The Bertz CT molecular complexity index is 934. The molecule has 0 fully saturated rings. The summed E-state index contributed by atoms with van der Waals surface area (Å²) in [5, 5.41) is 0. The molecule has 0 aliphatic rings. The van der Waals surface area contributed by atoms with E-state index < -0.39 is 31.1 Å². The van der Waals surface area contributed by atoms with Crippen LogP contribution in [0.25, 0.3) is 11.1 Å². The summed E-state index contributed by atoms with van der Waals surface area (Å²) in [7, 11) is -8.63. The maximum atomic E-state index is 11.4. The number of ether oxygens (including phenoxy) is 2. The van der Waals surface area contributed by atoms with Gasteiger partial charge in [-0.2, -0.15) is 16.8 Å². The van der Waals surface area contributed by atoms with Gasteiger partial charge in [0, 0.05) is 12.8 Å². The molecule has 0 saturated heterocycles. The van der Waals surface area contributed by atoms with Crippen LogP contribution in [0.1, 0.15) is 39.5 Å². The summed E-state index contributed by atoms with van der Waals surface area (Å²) in [4.78, 5) is 0. The van der Waals surface area contributed by atoms with Gasteiger partial charge in [-0.1, -0.05) is 51.0 Å². The Labute approximate surface area is 205 Å². The first kappa shape index (κ1) is 27.9. The summed E-state index contributed by atoms with van der Waals surface area (Å²) in [6, 6.07) is 13.3. The van der Waals surface area contributed by atoms with Crippen molar-refractivity contribution in [1.29, 1.82) is 0 Å². The summed E-state index contributed by atoms with van der Waals surface area (Å²) in [6.07, 6.45) is 1.41. The Kier molecular flexibility index (Phi) is 11.0. The first-order valence-electron chi connectivity index (χ1n) is 9.51. The van der Waals surface area contributed by atoms with E-state index in [1.807, 2.05) is 0 Å². The van der Waals surface area contributed by atoms with Crippen molar-refractivity contribution in [2.75, 3.05) is 0 Å². The van der Waals surface area contributed by atoms with Gasteiger partial charge in [0.25, 0.3) is 0 Å².